The van der Waals surface area contributed by atoms with Crippen LogP contribution in [0, 0.1) is 30.6 Å². The summed E-state index contributed by atoms with van der Waals surface area (Å²) in [5.74, 6) is 3.53. The molecule has 1 aromatic carbocycles. The molecule has 2 amide bonds. The van der Waals surface area contributed by atoms with Crippen LogP contribution >= 0.6 is 0 Å². The number of morpholine rings is 1. The standard InChI is InChI=1S/C28H40N2O3/c1-18-10-19(4-5-25(31)30-6-8-33-9-7-30)17-24(11-18)28(2,3)27(32)29-26-22-13-20-12-21(15-22)16-23(26)14-20/h10-11,17,20-23,26H,4-9,12-16H2,1-3H3,(H,29,32). The average molecular weight is 453 g/mol. The van der Waals surface area contributed by atoms with E-state index in [4.69, 9.17) is 4.74 Å². The molecule has 0 atom stereocenters. The zero-order valence-corrected chi connectivity index (χ0v) is 20.6. The summed E-state index contributed by atoms with van der Waals surface area (Å²) in [6, 6.07) is 6.81. The molecule has 0 unspecified atom stereocenters. The lowest BCUT2D eigenvalue weighted by atomic mass is 9.54. The molecule has 5 aliphatic rings. The van der Waals surface area contributed by atoms with Crippen LogP contribution in [0.2, 0.25) is 0 Å². The van der Waals surface area contributed by atoms with E-state index in [0.717, 1.165) is 28.5 Å². The van der Waals surface area contributed by atoms with Gasteiger partial charge in [0.2, 0.25) is 11.8 Å². The van der Waals surface area contributed by atoms with Crippen molar-refractivity contribution in [3.05, 3.63) is 34.9 Å². The van der Waals surface area contributed by atoms with Gasteiger partial charge in [-0.05, 0) is 94.1 Å². The second kappa shape index (κ2) is 9.05. The van der Waals surface area contributed by atoms with Crippen molar-refractivity contribution in [2.24, 2.45) is 23.7 Å². The maximum atomic E-state index is 13.6. The average Bonchev–Trinajstić information content (AvgIpc) is 2.79. The van der Waals surface area contributed by atoms with Gasteiger partial charge in [0.25, 0.3) is 0 Å². The number of hydrogen-bond acceptors (Lipinski definition) is 3. The number of aryl methyl sites for hydroxylation is 2. The summed E-state index contributed by atoms with van der Waals surface area (Å²) < 4.78 is 5.36. The SMILES string of the molecule is Cc1cc(CCC(=O)N2CCOCC2)cc(C(C)(C)C(=O)NC2C3CC4CC(C3)CC2C4)c1. The van der Waals surface area contributed by atoms with Crippen LogP contribution < -0.4 is 5.32 Å². The van der Waals surface area contributed by atoms with E-state index in [2.05, 4.69) is 44.3 Å². The normalized spacial score (nSPS) is 31.0. The fourth-order valence-electron chi connectivity index (χ4n) is 7.21. The van der Waals surface area contributed by atoms with Crippen molar-refractivity contribution in [2.75, 3.05) is 26.3 Å². The second-order valence-corrected chi connectivity index (χ2v) is 11.8. The molecule has 5 fully saturated rings. The third-order valence-electron chi connectivity index (χ3n) is 8.94. The van der Waals surface area contributed by atoms with E-state index < -0.39 is 5.41 Å². The molecule has 4 aliphatic carbocycles. The fraction of sp³-hybridized carbons (Fsp3) is 0.714. The highest BCUT2D eigenvalue weighted by molar-refractivity contribution is 5.87. The molecular weight excluding hydrogens is 412 g/mol. The summed E-state index contributed by atoms with van der Waals surface area (Å²) in [7, 11) is 0. The minimum absolute atomic E-state index is 0.154. The van der Waals surface area contributed by atoms with Crippen molar-refractivity contribution in [1.82, 2.24) is 10.2 Å². The molecule has 0 spiro atoms. The number of ether oxygens (including phenoxy) is 1. The lowest BCUT2D eigenvalue weighted by Crippen LogP contribution is -2.58. The van der Waals surface area contributed by atoms with Crippen LogP contribution in [0.5, 0.6) is 0 Å². The predicted octanol–water partition coefficient (Wildman–Crippen LogP) is 4.00. The molecular formula is C28H40N2O3. The predicted molar refractivity (Wildman–Crippen MR) is 129 cm³/mol. The van der Waals surface area contributed by atoms with Crippen molar-refractivity contribution in [3.8, 4) is 0 Å². The van der Waals surface area contributed by atoms with Crippen molar-refractivity contribution in [1.29, 1.82) is 0 Å². The number of rotatable bonds is 6. The first-order valence-electron chi connectivity index (χ1n) is 13.1. The number of hydrogen-bond donors (Lipinski definition) is 1. The lowest BCUT2D eigenvalue weighted by Gasteiger charge is -2.54. The Morgan fingerprint density at radius 2 is 1.64 bits per heavy atom. The van der Waals surface area contributed by atoms with E-state index in [1.54, 1.807) is 0 Å². The van der Waals surface area contributed by atoms with Gasteiger partial charge in [0.15, 0.2) is 0 Å². The zero-order chi connectivity index (χ0) is 23.2. The number of benzene rings is 1. The molecule has 4 bridgehead atoms. The first-order chi connectivity index (χ1) is 15.8. The molecule has 6 rings (SSSR count). The van der Waals surface area contributed by atoms with Crippen molar-refractivity contribution < 1.29 is 14.3 Å². The van der Waals surface area contributed by atoms with E-state index in [-0.39, 0.29) is 11.8 Å². The van der Waals surface area contributed by atoms with Crippen LogP contribution in [0.15, 0.2) is 18.2 Å². The van der Waals surface area contributed by atoms with Gasteiger partial charge >= 0.3 is 0 Å². The van der Waals surface area contributed by atoms with E-state index in [1.807, 2.05) is 4.90 Å². The molecule has 0 radical (unpaired) electrons. The number of nitrogens with zero attached hydrogens (tertiary/aromatic N) is 1. The molecule has 5 nitrogen and oxygen atoms in total. The van der Waals surface area contributed by atoms with Gasteiger partial charge in [-0.15, -0.1) is 0 Å². The van der Waals surface area contributed by atoms with Gasteiger partial charge in [-0.25, -0.2) is 0 Å². The molecule has 33 heavy (non-hydrogen) atoms. The van der Waals surface area contributed by atoms with Crippen LogP contribution in [-0.2, 0) is 26.2 Å². The Bertz CT molecular complexity index is 874. The monoisotopic (exact) mass is 452 g/mol. The first kappa shape index (κ1) is 22.9. The van der Waals surface area contributed by atoms with Gasteiger partial charge in [-0.2, -0.15) is 0 Å². The van der Waals surface area contributed by atoms with Gasteiger partial charge in [-0.1, -0.05) is 23.8 Å². The number of carbonyl (C=O) groups is 2. The summed E-state index contributed by atoms with van der Waals surface area (Å²) >= 11 is 0. The molecule has 4 saturated carbocycles. The second-order valence-electron chi connectivity index (χ2n) is 11.8. The quantitative estimate of drug-likeness (QED) is 0.710. The van der Waals surface area contributed by atoms with Crippen LogP contribution in [-0.4, -0.2) is 49.1 Å². The van der Waals surface area contributed by atoms with Crippen molar-refractivity contribution in [3.63, 3.8) is 0 Å². The van der Waals surface area contributed by atoms with Gasteiger partial charge < -0.3 is 15.0 Å². The summed E-state index contributed by atoms with van der Waals surface area (Å²) in [6.45, 7) is 8.83. The maximum Gasteiger partial charge on any atom is 0.230 e. The first-order valence-corrected chi connectivity index (χ1v) is 13.1. The zero-order valence-electron chi connectivity index (χ0n) is 20.6. The number of carbonyl (C=O) groups excluding carboxylic acids is 2. The third-order valence-corrected chi connectivity index (χ3v) is 8.94. The Balaban J connectivity index is 1.25. The van der Waals surface area contributed by atoms with E-state index in [9.17, 15) is 9.59 Å². The largest absolute Gasteiger partial charge is 0.378 e. The molecule has 1 saturated heterocycles. The molecule has 1 aromatic rings. The summed E-state index contributed by atoms with van der Waals surface area (Å²) in [6.07, 6.45) is 7.88. The fourth-order valence-corrected chi connectivity index (χ4v) is 7.21. The Hall–Kier alpha value is -1.88. The van der Waals surface area contributed by atoms with Crippen LogP contribution in [0.1, 0.15) is 69.1 Å². The Kier molecular flexibility index (Phi) is 6.28. The maximum absolute atomic E-state index is 13.6. The number of amides is 2. The Morgan fingerprint density at radius 1 is 1.00 bits per heavy atom. The highest BCUT2D eigenvalue weighted by Crippen LogP contribution is 2.53. The smallest absolute Gasteiger partial charge is 0.230 e. The van der Waals surface area contributed by atoms with E-state index in [1.165, 1.54) is 32.1 Å². The van der Waals surface area contributed by atoms with Crippen LogP contribution in [0.4, 0.5) is 0 Å². The van der Waals surface area contributed by atoms with E-state index >= 15 is 0 Å². The van der Waals surface area contributed by atoms with Gasteiger partial charge in [-0.3, -0.25) is 9.59 Å². The molecule has 0 aromatic heterocycles. The molecule has 1 N–H and O–H groups in total. The Labute approximate surface area is 198 Å². The van der Waals surface area contributed by atoms with Crippen LogP contribution in [0.3, 0.4) is 0 Å². The molecule has 1 heterocycles. The van der Waals surface area contributed by atoms with Gasteiger partial charge in [0, 0.05) is 25.6 Å². The summed E-state index contributed by atoms with van der Waals surface area (Å²) in [4.78, 5) is 28.1. The Morgan fingerprint density at radius 3 is 2.27 bits per heavy atom. The third kappa shape index (κ3) is 4.71. The van der Waals surface area contributed by atoms with Gasteiger partial charge in [0.1, 0.15) is 0 Å². The highest BCUT2D eigenvalue weighted by Gasteiger charge is 2.49. The molecule has 5 heteroatoms. The minimum atomic E-state index is -0.594. The van der Waals surface area contributed by atoms with Crippen LogP contribution in [0.25, 0.3) is 0 Å². The summed E-state index contributed by atoms with van der Waals surface area (Å²) in [5, 5.41) is 3.52. The lowest BCUT2D eigenvalue weighted by molar-refractivity contribution is -0.135. The van der Waals surface area contributed by atoms with Crippen molar-refractivity contribution >= 4 is 11.8 Å². The number of nitrogens with one attached hydrogen (secondary N) is 1. The molecule has 180 valence electrons. The minimum Gasteiger partial charge on any atom is -0.378 e. The van der Waals surface area contributed by atoms with Crippen molar-refractivity contribution in [2.45, 2.75) is 77.2 Å². The highest BCUT2D eigenvalue weighted by atomic mass is 16.5. The van der Waals surface area contributed by atoms with E-state index in [0.29, 0.717) is 57.0 Å². The molecule has 1 aliphatic heterocycles. The topological polar surface area (TPSA) is 58.6 Å². The van der Waals surface area contributed by atoms with Gasteiger partial charge in [0.05, 0.1) is 18.6 Å². The summed E-state index contributed by atoms with van der Waals surface area (Å²) in [5.41, 5.74) is 2.75.